The van der Waals surface area contributed by atoms with E-state index in [-0.39, 0.29) is 33.6 Å². The monoisotopic (exact) mass is 705 g/mol. The van der Waals surface area contributed by atoms with Crippen LogP contribution in [0, 0.1) is 5.92 Å². The molecule has 246 valence electrons. The van der Waals surface area contributed by atoms with Crippen LogP contribution in [0.25, 0.3) is 0 Å². The highest BCUT2D eigenvalue weighted by molar-refractivity contribution is 7.99. The van der Waals surface area contributed by atoms with Crippen LogP contribution in [-0.2, 0) is 28.2 Å². The van der Waals surface area contributed by atoms with Gasteiger partial charge in [-0.15, -0.1) is 13.2 Å². The van der Waals surface area contributed by atoms with Gasteiger partial charge in [0.25, 0.3) is 15.9 Å². The molecule has 1 saturated heterocycles. The SMILES string of the molecule is O=C(NCc1ncc(C(F)(F)F)cc1Cl)c1ccc2c(c1)C1(CCSCC1)C(C1CC1)N2S(=O)(=O)c1cccc(OC(F)(F)F)c1. The molecule has 1 aromatic heterocycles. The molecule has 3 aliphatic rings. The van der Waals surface area contributed by atoms with Gasteiger partial charge in [0, 0.05) is 23.2 Å². The van der Waals surface area contributed by atoms with E-state index in [0.717, 1.165) is 42.5 Å². The summed E-state index contributed by atoms with van der Waals surface area (Å²) in [6, 6.07) is 9.16. The van der Waals surface area contributed by atoms with Crippen molar-refractivity contribution >= 4 is 45.0 Å². The first kappa shape index (κ1) is 32.8. The zero-order valence-electron chi connectivity index (χ0n) is 23.8. The van der Waals surface area contributed by atoms with Crippen LogP contribution in [0.4, 0.5) is 32.0 Å². The zero-order chi connectivity index (χ0) is 33.1. The number of nitrogens with zero attached hydrogens (tertiary/aromatic N) is 2. The van der Waals surface area contributed by atoms with Crippen molar-refractivity contribution in [2.24, 2.45) is 5.92 Å². The van der Waals surface area contributed by atoms with Crippen LogP contribution < -0.4 is 14.4 Å². The first-order valence-corrected chi connectivity index (χ1v) is 17.2. The molecule has 1 atom stereocenters. The van der Waals surface area contributed by atoms with Crippen LogP contribution in [0.15, 0.2) is 59.6 Å². The summed E-state index contributed by atoms with van der Waals surface area (Å²) >= 11 is 7.74. The quantitative estimate of drug-likeness (QED) is 0.259. The van der Waals surface area contributed by atoms with E-state index in [0.29, 0.717) is 30.3 Å². The Morgan fingerprint density at radius 3 is 2.41 bits per heavy atom. The molecular formula is C30H26ClF6N3O4S2. The van der Waals surface area contributed by atoms with Gasteiger partial charge in [-0.3, -0.25) is 14.1 Å². The number of thioether (sulfide) groups is 1. The number of hydrogen-bond donors (Lipinski definition) is 1. The lowest BCUT2D eigenvalue weighted by Crippen LogP contribution is -2.50. The Morgan fingerprint density at radius 1 is 1.07 bits per heavy atom. The number of aromatic nitrogens is 1. The number of fused-ring (bicyclic) bond motifs is 2. The molecule has 2 fully saturated rings. The number of hydrogen-bond acceptors (Lipinski definition) is 6. The Kier molecular flexibility index (Phi) is 8.41. The molecule has 1 saturated carbocycles. The van der Waals surface area contributed by atoms with Crippen LogP contribution in [0.2, 0.25) is 5.02 Å². The van der Waals surface area contributed by atoms with Gasteiger partial charge in [-0.2, -0.15) is 24.9 Å². The van der Waals surface area contributed by atoms with Crippen LogP contribution in [-0.4, -0.2) is 43.2 Å². The molecule has 16 heteroatoms. The number of carbonyl (C=O) groups is 1. The minimum absolute atomic E-state index is 0.0186. The third-order valence-corrected chi connectivity index (χ3v) is 11.7. The molecule has 2 aliphatic heterocycles. The second-order valence-corrected chi connectivity index (χ2v) is 14.9. The number of halogens is 7. The molecule has 1 unspecified atom stereocenters. The Balaban J connectivity index is 1.35. The molecule has 7 nitrogen and oxygen atoms in total. The van der Waals surface area contributed by atoms with E-state index in [2.05, 4.69) is 15.0 Å². The minimum Gasteiger partial charge on any atom is -0.406 e. The van der Waals surface area contributed by atoms with Gasteiger partial charge in [0.05, 0.1) is 39.4 Å². The van der Waals surface area contributed by atoms with Crippen molar-refractivity contribution in [1.82, 2.24) is 10.3 Å². The van der Waals surface area contributed by atoms with Gasteiger partial charge in [0.2, 0.25) is 0 Å². The van der Waals surface area contributed by atoms with E-state index < -0.39 is 51.2 Å². The fraction of sp³-hybridized carbons (Fsp3) is 0.400. The van der Waals surface area contributed by atoms with Crippen molar-refractivity contribution < 1.29 is 44.3 Å². The largest absolute Gasteiger partial charge is 0.573 e. The molecule has 3 heterocycles. The van der Waals surface area contributed by atoms with Gasteiger partial charge in [-0.05, 0) is 85.1 Å². The summed E-state index contributed by atoms with van der Waals surface area (Å²) in [6.07, 6.45) is -6.18. The average molecular weight is 706 g/mol. The number of benzene rings is 2. The summed E-state index contributed by atoms with van der Waals surface area (Å²) in [5, 5.41) is 2.36. The molecule has 0 radical (unpaired) electrons. The lowest BCUT2D eigenvalue weighted by Gasteiger charge is -2.41. The topological polar surface area (TPSA) is 88.6 Å². The molecule has 3 aromatic rings. The Bertz CT molecular complexity index is 1780. The maximum Gasteiger partial charge on any atom is 0.573 e. The lowest BCUT2D eigenvalue weighted by atomic mass is 9.70. The Morgan fingerprint density at radius 2 is 1.78 bits per heavy atom. The normalized spacial score (nSPS) is 19.6. The molecule has 46 heavy (non-hydrogen) atoms. The summed E-state index contributed by atoms with van der Waals surface area (Å²) in [4.78, 5) is 16.7. The third-order valence-electron chi connectivity index (χ3n) is 8.56. The highest BCUT2D eigenvalue weighted by Crippen LogP contribution is 2.59. The molecule has 1 spiro atoms. The van der Waals surface area contributed by atoms with Crippen LogP contribution >= 0.6 is 23.4 Å². The summed E-state index contributed by atoms with van der Waals surface area (Å²) in [6.45, 7) is -0.254. The first-order chi connectivity index (χ1) is 21.6. The van der Waals surface area contributed by atoms with Crippen molar-refractivity contribution in [1.29, 1.82) is 0 Å². The molecule has 1 N–H and O–H groups in total. The van der Waals surface area contributed by atoms with E-state index in [9.17, 15) is 39.6 Å². The zero-order valence-corrected chi connectivity index (χ0v) is 26.2. The summed E-state index contributed by atoms with van der Waals surface area (Å²) in [5.41, 5.74) is -0.402. The van der Waals surface area contributed by atoms with Gasteiger partial charge >= 0.3 is 12.5 Å². The van der Waals surface area contributed by atoms with Gasteiger partial charge in [0.15, 0.2) is 0 Å². The second-order valence-electron chi connectivity index (χ2n) is 11.4. The van der Waals surface area contributed by atoms with Gasteiger partial charge < -0.3 is 10.1 Å². The molecular weight excluding hydrogens is 680 g/mol. The molecule has 2 aromatic carbocycles. The third kappa shape index (κ3) is 6.25. The van der Waals surface area contributed by atoms with Gasteiger partial charge in [-0.25, -0.2) is 8.42 Å². The summed E-state index contributed by atoms with van der Waals surface area (Å²) in [7, 11) is -4.38. The maximum atomic E-state index is 14.3. The second kappa shape index (κ2) is 11.8. The van der Waals surface area contributed by atoms with Crippen LogP contribution in [0.5, 0.6) is 5.75 Å². The van der Waals surface area contributed by atoms with Crippen molar-refractivity contribution in [2.75, 3.05) is 15.8 Å². The van der Waals surface area contributed by atoms with E-state index >= 15 is 0 Å². The smallest absolute Gasteiger partial charge is 0.406 e. The van der Waals surface area contributed by atoms with Crippen LogP contribution in [0.1, 0.15) is 52.9 Å². The van der Waals surface area contributed by atoms with Crippen molar-refractivity contribution in [3.05, 3.63) is 82.1 Å². The fourth-order valence-electron chi connectivity index (χ4n) is 6.40. The summed E-state index contributed by atoms with van der Waals surface area (Å²) < 4.78 is 112. The Labute approximate surface area is 269 Å². The standard InChI is InChI=1S/C30H26ClF6N3O4S2/c31-23-13-19(29(32,33)34)15-38-24(23)16-39-27(41)18-6-7-25-22(12-18)28(8-10-45-11-9-28)26(17-4-5-17)40(25)46(42,43)21-3-1-2-20(14-21)44-30(35,36)37/h1-3,6-7,12-15,17,26H,4-5,8-11,16H2,(H,39,41). The number of sulfonamides is 1. The summed E-state index contributed by atoms with van der Waals surface area (Å²) in [5.74, 6) is 0.293. The molecule has 1 amide bonds. The molecule has 1 aliphatic carbocycles. The van der Waals surface area contributed by atoms with Gasteiger partial charge in [-0.1, -0.05) is 17.7 Å². The lowest BCUT2D eigenvalue weighted by molar-refractivity contribution is -0.274. The first-order valence-electron chi connectivity index (χ1n) is 14.2. The van der Waals surface area contributed by atoms with Gasteiger partial charge in [0.1, 0.15) is 5.75 Å². The number of anilines is 1. The minimum atomic E-state index is -5.01. The number of pyridine rings is 1. The number of nitrogens with one attached hydrogen (secondary N) is 1. The van der Waals surface area contributed by atoms with Crippen LogP contribution in [0.3, 0.4) is 0 Å². The number of alkyl halides is 6. The number of carbonyl (C=O) groups excluding carboxylic acids is 1. The Hall–Kier alpha value is -3.17. The fourth-order valence-corrected chi connectivity index (χ4v) is 9.69. The predicted molar refractivity (Wildman–Crippen MR) is 159 cm³/mol. The predicted octanol–water partition coefficient (Wildman–Crippen LogP) is 7.33. The van der Waals surface area contributed by atoms with E-state index in [1.54, 1.807) is 17.8 Å². The highest BCUT2D eigenvalue weighted by Gasteiger charge is 2.59. The molecule has 6 rings (SSSR count). The van der Waals surface area contributed by atoms with Crippen molar-refractivity contribution in [3.8, 4) is 5.75 Å². The van der Waals surface area contributed by atoms with Crippen molar-refractivity contribution in [3.63, 3.8) is 0 Å². The number of ether oxygens (including phenoxy) is 1. The number of amides is 1. The van der Waals surface area contributed by atoms with Crippen molar-refractivity contribution in [2.45, 2.75) is 61.1 Å². The van der Waals surface area contributed by atoms with E-state index in [4.69, 9.17) is 11.6 Å². The average Bonchev–Trinajstić information content (AvgIpc) is 3.79. The van der Waals surface area contributed by atoms with E-state index in [1.807, 2.05) is 0 Å². The molecule has 0 bridgehead atoms. The number of rotatable bonds is 7. The van der Waals surface area contributed by atoms with E-state index in [1.165, 1.54) is 28.6 Å². The maximum absolute atomic E-state index is 14.3. The highest BCUT2D eigenvalue weighted by atomic mass is 35.5.